The van der Waals surface area contributed by atoms with Gasteiger partial charge in [-0.15, -0.1) is 11.8 Å². The molecule has 1 aliphatic heterocycles. The summed E-state index contributed by atoms with van der Waals surface area (Å²) >= 11 is 5.16. The van der Waals surface area contributed by atoms with Crippen molar-refractivity contribution in [2.45, 2.75) is 34.4 Å². The second-order valence-electron chi connectivity index (χ2n) is 4.36. The molecule has 0 saturated carbocycles. The maximum atomic E-state index is 11.6. The highest BCUT2D eigenvalue weighted by Crippen LogP contribution is 2.32. The van der Waals surface area contributed by atoms with Gasteiger partial charge >= 0.3 is 10.3 Å². The Balaban J connectivity index is 2.17. The predicted molar refractivity (Wildman–Crippen MR) is 80.9 cm³/mol. The lowest BCUT2D eigenvalue weighted by molar-refractivity contribution is 0.318. The lowest BCUT2D eigenvalue weighted by atomic mass is 10.1. The first-order valence-electron chi connectivity index (χ1n) is 6.00. The second-order valence-corrected chi connectivity index (χ2v) is 8.49. The first-order valence-corrected chi connectivity index (χ1v) is 9.21. The van der Waals surface area contributed by atoms with Crippen LogP contribution >= 0.6 is 27.7 Å². The van der Waals surface area contributed by atoms with Gasteiger partial charge in [0.1, 0.15) is 0 Å². The fraction of sp³-hybridized carbons (Fsp3) is 0.500. The van der Waals surface area contributed by atoms with Crippen molar-refractivity contribution < 1.29 is 12.6 Å². The van der Waals surface area contributed by atoms with Crippen LogP contribution in [0, 0.1) is 0 Å². The van der Waals surface area contributed by atoms with E-state index in [0.717, 1.165) is 4.90 Å². The average Bonchev–Trinajstić information content (AvgIpc) is 2.50. The molecule has 4 nitrogen and oxygen atoms in total. The predicted octanol–water partition coefficient (Wildman–Crippen LogP) is 2.55. The lowest BCUT2D eigenvalue weighted by Gasteiger charge is -2.26. The summed E-state index contributed by atoms with van der Waals surface area (Å²) in [5.74, 6) is 0. The van der Waals surface area contributed by atoms with E-state index < -0.39 is 10.3 Å². The van der Waals surface area contributed by atoms with Crippen molar-refractivity contribution in [2.75, 3.05) is 6.61 Å². The van der Waals surface area contributed by atoms with Crippen LogP contribution in [-0.2, 0) is 14.5 Å². The highest BCUT2D eigenvalue weighted by Gasteiger charge is 2.33. The molecular formula is C12H16BrNO3S2. The minimum absolute atomic E-state index is 0.0326. The summed E-state index contributed by atoms with van der Waals surface area (Å²) < 4.78 is 30.7. The Labute approximate surface area is 126 Å². The Morgan fingerprint density at radius 1 is 1.42 bits per heavy atom. The van der Waals surface area contributed by atoms with E-state index in [-0.39, 0.29) is 22.7 Å². The van der Waals surface area contributed by atoms with Gasteiger partial charge in [-0.05, 0) is 18.6 Å². The molecule has 1 fully saturated rings. The Morgan fingerprint density at radius 3 is 2.74 bits per heavy atom. The Bertz CT molecular complexity index is 507. The zero-order chi connectivity index (χ0) is 13.9. The third-order valence-corrected chi connectivity index (χ3v) is 5.83. The van der Waals surface area contributed by atoms with Crippen LogP contribution in [0.3, 0.4) is 0 Å². The molecule has 1 aromatic carbocycles. The maximum Gasteiger partial charge on any atom is 0.336 e. The molecule has 0 radical (unpaired) electrons. The molecular weight excluding hydrogens is 350 g/mol. The molecule has 106 valence electrons. The fourth-order valence-electron chi connectivity index (χ4n) is 1.93. The number of rotatable bonds is 3. The molecule has 1 N–H and O–H groups in total. The summed E-state index contributed by atoms with van der Waals surface area (Å²) in [6.07, 6.45) is 0.687. The monoisotopic (exact) mass is 365 g/mol. The molecule has 0 unspecified atom stereocenters. The van der Waals surface area contributed by atoms with Gasteiger partial charge in [-0.25, -0.2) is 0 Å². The number of thioether (sulfide) groups is 1. The van der Waals surface area contributed by atoms with Crippen LogP contribution in [0.5, 0.6) is 0 Å². The summed E-state index contributed by atoms with van der Waals surface area (Å²) in [7, 11) is -3.63. The van der Waals surface area contributed by atoms with Crippen LogP contribution in [-0.4, -0.2) is 31.1 Å². The molecule has 0 bridgehead atoms. The van der Waals surface area contributed by atoms with E-state index in [0.29, 0.717) is 6.42 Å². The molecule has 1 saturated heterocycles. The number of hydrogen-bond donors (Lipinski definition) is 1. The van der Waals surface area contributed by atoms with Gasteiger partial charge in [0.05, 0.1) is 6.61 Å². The Morgan fingerprint density at radius 2 is 2.11 bits per heavy atom. The lowest BCUT2D eigenvalue weighted by Crippen LogP contribution is -2.44. The highest BCUT2D eigenvalue weighted by molar-refractivity contribution is 9.09. The second kappa shape index (κ2) is 6.58. The van der Waals surface area contributed by atoms with E-state index in [1.54, 1.807) is 11.8 Å². The van der Waals surface area contributed by atoms with E-state index in [1.165, 1.54) is 0 Å². The van der Waals surface area contributed by atoms with E-state index in [4.69, 9.17) is 4.18 Å². The number of benzene rings is 1. The molecule has 0 aliphatic carbocycles. The molecule has 1 aromatic rings. The molecule has 0 amide bonds. The Hall–Kier alpha value is -0.0800. The largest absolute Gasteiger partial charge is 0.336 e. The van der Waals surface area contributed by atoms with Crippen molar-refractivity contribution >= 4 is 38.0 Å². The van der Waals surface area contributed by atoms with Crippen molar-refractivity contribution in [1.82, 2.24) is 4.72 Å². The molecule has 7 heteroatoms. The van der Waals surface area contributed by atoms with Crippen molar-refractivity contribution in [1.29, 1.82) is 0 Å². The standard InChI is InChI=1S/C12H16BrNO3S2/c1-9(13)12-11(7-8-17-19(15,16)14-12)18-10-5-3-2-4-6-10/h2-6,9,11-12,14H,7-8H2,1H3/t9-,11+,12+/m0/s1. The third kappa shape index (κ3) is 4.46. The summed E-state index contributed by atoms with van der Waals surface area (Å²) in [4.78, 5) is 1.16. The van der Waals surface area contributed by atoms with Crippen LogP contribution < -0.4 is 4.72 Å². The number of alkyl halides is 1. The zero-order valence-electron chi connectivity index (χ0n) is 10.5. The molecule has 3 atom stereocenters. The average molecular weight is 366 g/mol. The third-order valence-electron chi connectivity index (χ3n) is 2.85. The molecule has 0 aromatic heterocycles. The SMILES string of the molecule is C[C@H](Br)[C@H]1NS(=O)(=O)OCC[C@H]1Sc1ccccc1. The van der Waals surface area contributed by atoms with E-state index in [9.17, 15) is 8.42 Å². The molecule has 0 spiro atoms. The smallest absolute Gasteiger partial charge is 0.258 e. The molecule has 1 heterocycles. The maximum absolute atomic E-state index is 11.6. The van der Waals surface area contributed by atoms with Gasteiger partial charge in [0, 0.05) is 21.0 Å². The van der Waals surface area contributed by atoms with Crippen LogP contribution in [0.15, 0.2) is 35.2 Å². The van der Waals surface area contributed by atoms with Gasteiger partial charge in [-0.3, -0.25) is 4.18 Å². The summed E-state index contributed by atoms with van der Waals surface area (Å²) in [6, 6.07) is 9.78. The quantitative estimate of drug-likeness (QED) is 0.836. The summed E-state index contributed by atoms with van der Waals surface area (Å²) in [5.41, 5.74) is 0. The minimum Gasteiger partial charge on any atom is -0.258 e. The number of hydrogen-bond acceptors (Lipinski definition) is 4. The van der Waals surface area contributed by atoms with E-state index in [1.807, 2.05) is 37.3 Å². The van der Waals surface area contributed by atoms with Crippen molar-refractivity contribution in [3.8, 4) is 0 Å². The van der Waals surface area contributed by atoms with Gasteiger partial charge in [-0.2, -0.15) is 13.1 Å². The molecule has 1 aliphatic rings. The van der Waals surface area contributed by atoms with Gasteiger partial charge in [0.15, 0.2) is 0 Å². The first kappa shape index (κ1) is 15.3. The van der Waals surface area contributed by atoms with Crippen molar-refractivity contribution in [2.24, 2.45) is 0 Å². The van der Waals surface area contributed by atoms with Gasteiger partial charge in [-0.1, -0.05) is 41.1 Å². The molecule has 2 rings (SSSR count). The Kier molecular flexibility index (Phi) is 5.30. The number of halogens is 1. The van der Waals surface area contributed by atoms with Crippen LogP contribution in [0.4, 0.5) is 0 Å². The highest BCUT2D eigenvalue weighted by atomic mass is 79.9. The van der Waals surface area contributed by atoms with E-state index in [2.05, 4.69) is 20.7 Å². The van der Waals surface area contributed by atoms with E-state index >= 15 is 0 Å². The number of nitrogens with one attached hydrogen (secondary N) is 1. The minimum atomic E-state index is -3.63. The summed E-state index contributed by atoms with van der Waals surface area (Å²) in [5, 5.41) is 0.133. The van der Waals surface area contributed by atoms with Crippen LogP contribution in [0.1, 0.15) is 13.3 Å². The molecule has 19 heavy (non-hydrogen) atoms. The van der Waals surface area contributed by atoms with Crippen molar-refractivity contribution in [3.63, 3.8) is 0 Å². The fourth-order valence-corrected chi connectivity index (χ4v) is 5.30. The topological polar surface area (TPSA) is 55.4 Å². The van der Waals surface area contributed by atoms with Crippen LogP contribution in [0.25, 0.3) is 0 Å². The summed E-state index contributed by atoms with van der Waals surface area (Å²) in [6.45, 7) is 2.16. The van der Waals surface area contributed by atoms with Crippen molar-refractivity contribution in [3.05, 3.63) is 30.3 Å². The van der Waals surface area contributed by atoms with Gasteiger partial charge in [0.2, 0.25) is 0 Å². The first-order chi connectivity index (χ1) is 8.98. The van der Waals surface area contributed by atoms with Gasteiger partial charge in [0.25, 0.3) is 0 Å². The zero-order valence-corrected chi connectivity index (χ0v) is 13.7. The van der Waals surface area contributed by atoms with Crippen LogP contribution in [0.2, 0.25) is 0 Å². The van der Waals surface area contributed by atoms with Gasteiger partial charge < -0.3 is 0 Å². The normalized spacial score (nSPS) is 28.5.